The van der Waals surface area contributed by atoms with E-state index in [-0.39, 0.29) is 5.92 Å². The van der Waals surface area contributed by atoms with Gasteiger partial charge >= 0.3 is 0 Å². The third-order valence-electron chi connectivity index (χ3n) is 12.2. The number of anilines is 1. The summed E-state index contributed by atoms with van der Waals surface area (Å²) in [4.78, 5) is 38.6. The van der Waals surface area contributed by atoms with Gasteiger partial charge in [-0.25, -0.2) is 0 Å². The van der Waals surface area contributed by atoms with Crippen molar-refractivity contribution in [1.82, 2.24) is 14.9 Å². The summed E-state index contributed by atoms with van der Waals surface area (Å²) >= 11 is 0. The fraction of sp³-hybridized carbons (Fsp3) is 0.432. The highest BCUT2D eigenvalue weighted by Gasteiger charge is 2.44. The number of piperazine rings is 1. The number of amides is 1. The molecule has 51 heavy (non-hydrogen) atoms. The Bertz CT molecular complexity index is 2160. The van der Waals surface area contributed by atoms with Gasteiger partial charge in [0.25, 0.3) is 0 Å². The average molecular weight is 676 g/mol. The van der Waals surface area contributed by atoms with Crippen LogP contribution in [0.3, 0.4) is 0 Å². The molecule has 4 fully saturated rings. The van der Waals surface area contributed by atoms with Crippen LogP contribution in [0, 0.1) is 29.1 Å². The number of Topliss-reactive ketones (excluding diaryl/α,β-unsaturated/α-hetero) is 1. The second kappa shape index (κ2) is 13.1. The first-order valence-electron chi connectivity index (χ1n) is 19.2. The molecule has 3 heterocycles. The molecule has 2 atom stereocenters. The van der Waals surface area contributed by atoms with E-state index in [1.54, 1.807) is 24.8 Å². The third kappa shape index (κ3) is 6.03. The maximum absolute atomic E-state index is 13.1. The number of ketones is 1. The zero-order chi connectivity index (χ0) is 34.6. The molecular weight excluding hydrogens is 631 g/mol. The second-order valence-electron chi connectivity index (χ2n) is 15.5. The van der Waals surface area contributed by atoms with E-state index >= 15 is 0 Å². The number of nitrogens with zero attached hydrogens (tertiary/aromatic N) is 5. The maximum atomic E-state index is 13.1. The van der Waals surface area contributed by atoms with Gasteiger partial charge in [0.2, 0.25) is 5.91 Å². The van der Waals surface area contributed by atoms with Crippen molar-refractivity contribution in [2.75, 3.05) is 24.5 Å². The highest BCUT2D eigenvalue weighted by Crippen LogP contribution is 2.49. The predicted molar refractivity (Wildman–Crippen MR) is 201 cm³/mol. The number of allylic oxidation sites excluding steroid dienone is 4. The summed E-state index contributed by atoms with van der Waals surface area (Å²) in [7, 11) is 0. The molecule has 6 aliphatic rings. The molecule has 258 valence electrons. The smallest absolute Gasteiger partial charge is 0.226 e. The van der Waals surface area contributed by atoms with E-state index in [1.807, 2.05) is 13.0 Å². The standard InChI is InChI=1S/C35H40N2O2.C9H5N3/c1-2-34(38)30-5-3-4-25-26-12-15-29-31(21-6-7-21)18-24(19-32(29)28(26)14-13-27(25)30)36-16-17-37(35(39)23-10-11-23)33(20-36)22-8-9-22;10-3-7-4-12-6-8-5-11-2-1-9(7)8/h3-4,12,15,18-19,21-23,30,33H,2,5-11,13-14,16-17,20H2,1H3;1-2,4-6H/t30-,33?;/m1./s1. The van der Waals surface area contributed by atoms with E-state index in [4.69, 9.17) is 5.26 Å². The average Bonchev–Trinajstić information content (AvgIpc) is 4.02. The van der Waals surface area contributed by atoms with Crippen LogP contribution in [0.1, 0.15) is 92.9 Å². The fourth-order valence-electron chi connectivity index (χ4n) is 8.98. The second-order valence-corrected chi connectivity index (χ2v) is 15.5. The molecule has 10 rings (SSSR count). The normalized spacial score (nSPS) is 22.6. The molecule has 0 N–H and O–H groups in total. The number of aryl methyl sites for hydroxylation is 1. The predicted octanol–water partition coefficient (Wildman–Crippen LogP) is 8.31. The largest absolute Gasteiger partial charge is 0.368 e. The Balaban J connectivity index is 0.000000246. The Morgan fingerprint density at radius 3 is 2.53 bits per heavy atom. The van der Waals surface area contributed by atoms with E-state index in [2.05, 4.69) is 62.3 Å². The van der Waals surface area contributed by atoms with E-state index < -0.39 is 0 Å². The minimum absolute atomic E-state index is 0.0706. The van der Waals surface area contributed by atoms with Crippen molar-refractivity contribution in [3.8, 4) is 6.07 Å². The number of carbonyl (C=O) groups is 2. The molecule has 0 radical (unpaired) electrons. The topological polar surface area (TPSA) is 90.2 Å². The molecule has 1 aliphatic heterocycles. The third-order valence-corrected chi connectivity index (χ3v) is 12.2. The number of hydrogen-bond donors (Lipinski definition) is 0. The number of aromatic nitrogens is 2. The minimum atomic E-state index is 0.0706. The van der Waals surface area contributed by atoms with E-state index in [9.17, 15) is 9.59 Å². The molecule has 1 amide bonds. The lowest BCUT2D eigenvalue weighted by Crippen LogP contribution is -2.56. The summed E-state index contributed by atoms with van der Waals surface area (Å²) in [5.41, 5.74) is 9.00. The molecule has 0 spiro atoms. The molecule has 5 aliphatic carbocycles. The highest BCUT2D eigenvalue weighted by molar-refractivity contribution is 5.99. The molecule has 1 unspecified atom stereocenters. The van der Waals surface area contributed by atoms with Crippen molar-refractivity contribution in [2.45, 2.75) is 83.1 Å². The lowest BCUT2D eigenvalue weighted by atomic mass is 9.73. The summed E-state index contributed by atoms with van der Waals surface area (Å²) in [6.07, 6.45) is 22.0. The Labute approximate surface area is 300 Å². The number of hydrogen-bond acceptors (Lipinski definition) is 6. The van der Waals surface area contributed by atoms with Crippen LogP contribution in [0.15, 0.2) is 72.8 Å². The first-order chi connectivity index (χ1) is 25.0. The lowest BCUT2D eigenvalue weighted by molar-refractivity contribution is -0.135. The van der Waals surface area contributed by atoms with Crippen molar-refractivity contribution in [3.63, 3.8) is 0 Å². The molecule has 3 saturated carbocycles. The molecule has 7 nitrogen and oxygen atoms in total. The van der Waals surface area contributed by atoms with Gasteiger partial charge in [-0.1, -0.05) is 36.8 Å². The van der Waals surface area contributed by atoms with Gasteiger partial charge in [-0.15, -0.1) is 0 Å². The summed E-state index contributed by atoms with van der Waals surface area (Å²) in [5, 5.41) is 13.4. The van der Waals surface area contributed by atoms with Crippen LogP contribution in [0.25, 0.3) is 27.1 Å². The van der Waals surface area contributed by atoms with Gasteiger partial charge in [-0.2, -0.15) is 5.26 Å². The molecule has 7 heteroatoms. The van der Waals surface area contributed by atoms with Gasteiger partial charge < -0.3 is 9.80 Å². The van der Waals surface area contributed by atoms with Crippen molar-refractivity contribution >= 4 is 44.5 Å². The maximum Gasteiger partial charge on any atom is 0.226 e. The lowest BCUT2D eigenvalue weighted by Gasteiger charge is -2.43. The summed E-state index contributed by atoms with van der Waals surface area (Å²) in [6.45, 7) is 4.79. The van der Waals surface area contributed by atoms with Gasteiger partial charge in [0.15, 0.2) is 0 Å². The number of rotatable bonds is 6. The van der Waals surface area contributed by atoms with Gasteiger partial charge in [-0.05, 0) is 121 Å². The summed E-state index contributed by atoms with van der Waals surface area (Å²) in [6, 6.07) is 14.0. The van der Waals surface area contributed by atoms with Gasteiger partial charge in [0, 0.05) is 79.1 Å². The number of benzene rings is 2. The quantitative estimate of drug-likeness (QED) is 0.204. The number of fused-ring (bicyclic) bond motifs is 5. The van der Waals surface area contributed by atoms with Crippen LogP contribution in [-0.2, 0) is 16.0 Å². The van der Waals surface area contributed by atoms with Crippen LogP contribution in [0.2, 0.25) is 0 Å². The molecule has 2 aromatic carbocycles. The Morgan fingerprint density at radius 2 is 1.76 bits per heavy atom. The molecular formula is C44H45N5O2. The number of pyridine rings is 2. The van der Waals surface area contributed by atoms with E-state index in [0.29, 0.717) is 47.5 Å². The van der Waals surface area contributed by atoms with Crippen LogP contribution < -0.4 is 4.90 Å². The van der Waals surface area contributed by atoms with Crippen molar-refractivity contribution in [2.24, 2.45) is 17.8 Å². The molecule has 4 aromatic rings. The van der Waals surface area contributed by atoms with Crippen molar-refractivity contribution < 1.29 is 9.59 Å². The SMILES string of the molecule is CCC(=O)[C@@H]1CC=CC2=C1CCc1c2ccc2c(C3CC3)cc(N3CCN(C(=O)C4CC4)C(C4CC4)C3)cc12.N#Cc1cncc2cnccc12. The Hall–Kier alpha value is -4.83. The van der Waals surface area contributed by atoms with Gasteiger partial charge in [0.1, 0.15) is 11.9 Å². The minimum Gasteiger partial charge on any atom is -0.368 e. The summed E-state index contributed by atoms with van der Waals surface area (Å²) < 4.78 is 0. The molecule has 1 saturated heterocycles. The van der Waals surface area contributed by atoms with Crippen LogP contribution in [0.5, 0.6) is 0 Å². The first kappa shape index (κ1) is 32.1. The van der Waals surface area contributed by atoms with Crippen LogP contribution in [-0.4, -0.2) is 52.2 Å². The highest BCUT2D eigenvalue weighted by atomic mass is 16.2. The first-order valence-corrected chi connectivity index (χ1v) is 19.2. The molecule has 0 bridgehead atoms. The van der Waals surface area contributed by atoms with Crippen molar-refractivity contribution in [1.29, 1.82) is 5.26 Å². The van der Waals surface area contributed by atoms with E-state index in [1.165, 1.54) is 70.0 Å². The monoisotopic (exact) mass is 675 g/mol. The van der Waals surface area contributed by atoms with E-state index in [0.717, 1.165) is 62.5 Å². The van der Waals surface area contributed by atoms with Crippen LogP contribution in [0.4, 0.5) is 5.69 Å². The molecule has 2 aromatic heterocycles. The van der Waals surface area contributed by atoms with Crippen LogP contribution >= 0.6 is 0 Å². The Morgan fingerprint density at radius 1 is 0.922 bits per heavy atom. The Kier molecular flexibility index (Phi) is 8.22. The van der Waals surface area contributed by atoms with Gasteiger partial charge in [0.05, 0.1) is 11.6 Å². The zero-order valence-electron chi connectivity index (χ0n) is 29.5. The number of carbonyl (C=O) groups excluding carboxylic acids is 2. The number of nitriles is 1. The zero-order valence-corrected chi connectivity index (χ0v) is 29.5. The van der Waals surface area contributed by atoms with Gasteiger partial charge in [-0.3, -0.25) is 19.6 Å². The van der Waals surface area contributed by atoms with Crippen molar-refractivity contribution in [3.05, 3.63) is 95.1 Å². The summed E-state index contributed by atoms with van der Waals surface area (Å²) in [5.74, 6) is 2.57. The fourth-order valence-corrected chi connectivity index (χ4v) is 8.98.